The average molecular weight is 457 g/mol. The minimum absolute atomic E-state index is 0.297. The van der Waals surface area contributed by atoms with E-state index in [9.17, 15) is 19.5 Å². The van der Waals surface area contributed by atoms with E-state index in [4.69, 9.17) is 0 Å². The summed E-state index contributed by atoms with van der Waals surface area (Å²) in [5.41, 5.74) is 1.17. The first-order valence-corrected chi connectivity index (χ1v) is 11.3. The predicted molar refractivity (Wildman–Crippen MR) is 131 cm³/mol. The topological polar surface area (TPSA) is 95.5 Å². The second-order valence-electron chi connectivity index (χ2n) is 9.10. The number of aliphatic hydroxyl groups is 1. The zero-order valence-corrected chi connectivity index (χ0v) is 19.2. The van der Waals surface area contributed by atoms with Gasteiger partial charge in [0, 0.05) is 23.7 Å². The second-order valence-corrected chi connectivity index (χ2v) is 9.10. The van der Waals surface area contributed by atoms with Crippen LogP contribution in [-0.4, -0.2) is 28.3 Å². The van der Waals surface area contributed by atoms with Crippen LogP contribution in [0.3, 0.4) is 0 Å². The average Bonchev–Trinajstić information content (AvgIpc) is 2.79. The van der Waals surface area contributed by atoms with Crippen LogP contribution in [0.1, 0.15) is 30.4 Å². The van der Waals surface area contributed by atoms with Gasteiger partial charge in [-0.3, -0.25) is 14.4 Å². The fourth-order valence-electron chi connectivity index (χ4n) is 4.76. The van der Waals surface area contributed by atoms with Crippen LogP contribution in [0.5, 0.6) is 0 Å². The van der Waals surface area contributed by atoms with Gasteiger partial charge in [-0.1, -0.05) is 66.2 Å². The quantitative estimate of drug-likeness (QED) is 0.499. The molecule has 6 nitrogen and oxygen atoms in total. The molecule has 0 unspecified atom stereocenters. The third kappa shape index (κ3) is 4.92. The molecule has 0 spiro atoms. The van der Waals surface area contributed by atoms with Crippen LogP contribution in [0.25, 0.3) is 0 Å². The van der Waals surface area contributed by atoms with Gasteiger partial charge in [0.05, 0.1) is 11.5 Å². The van der Waals surface area contributed by atoms with Crippen molar-refractivity contribution in [1.82, 2.24) is 0 Å². The lowest BCUT2D eigenvalue weighted by Gasteiger charge is -2.44. The number of amides is 2. The van der Waals surface area contributed by atoms with Gasteiger partial charge >= 0.3 is 0 Å². The van der Waals surface area contributed by atoms with Gasteiger partial charge in [0.15, 0.2) is 0 Å². The van der Waals surface area contributed by atoms with Crippen molar-refractivity contribution < 1.29 is 19.5 Å². The highest BCUT2D eigenvalue weighted by Crippen LogP contribution is 2.46. The van der Waals surface area contributed by atoms with Gasteiger partial charge in [-0.15, -0.1) is 0 Å². The second kappa shape index (κ2) is 9.61. The van der Waals surface area contributed by atoms with Crippen molar-refractivity contribution in [3.63, 3.8) is 0 Å². The van der Waals surface area contributed by atoms with Crippen LogP contribution < -0.4 is 10.6 Å². The van der Waals surface area contributed by atoms with Gasteiger partial charge in [0.2, 0.25) is 11.8 Å². The molecule has 6 heteroatoms. The smallest absolute Gasteiger partial charge is 0.235 e. The number of aryl methyl sites for hydroxylation is 1. The maximum absolute atomic E-state index is 13.6. The van der Waals surface area contributed by atoms with Crippen molar-refractivity contribution in [2.75, 3.05) is 10.6 Å². The lowest BCUT2D eigenvalue weighted by Crippen LogP contribution is -2.56. The minimum Gasteiger partial charge on any atom is -0.389 e. The molecule has 0 radical (unpaired) electrons. The number of carbonyl (C=O) groups is 3. The lowest BCUT2D eigenvalue weighted by molar-refractivity contribution is -0.150. The van der Waals surface area contributed by atoms with E-state index >= 15 is 0 Å². The van der Waals surface area contributed by atoms with Crippen molar-refractivity contribution in [3.05, 3.63) is 96.1 Å². The van der Waals surface area contributed by atoms with E-state index < -0.39 is 41.0 Å². The summed E-state index contributed by atoms with van der Waals surface area (Å²) < 4.78 is 0. The number of anilines is 2. The number of Topliss-reactive ketones (excluding diaryl/α,β-unsaturated/α-hetero) is 1. The number of hydrogen-bond acceptors (Lipinski definition) is 4. The molecule has 0 bridgehead atoms. The zero-order chi connectivity index (χ0) is 24.3. The van der Waals surface area contributed by atoms with E-state index in [0.717, 1.165) is 5.56 Å². The summed E-state index contributed by atoms with van der Waals surface area (Å²) in [6.45, 7) is 3.43. The Balaban J connectivity index is 1.76. The van der Waals surface area contributed by atoms with Crippen LogP contribution in [0, 0.1) is 18.8 Å². The SMILES string of the molecule is Cc1ccc([C@@H]2[C@H](C(=O)Nc3ccccc3)C(=O)C[C@](C)(O)[C@H]2C(=O)Nc2ccccc2)cc1. The van der Waals surface area contributed by atoms with Gasteiger partial charge in [-0.25, -0.2) is 0 Å². The molecule has 2 amide bonds. The fraction of sp³-hybridized carbons (Fsp3) is 0.250. The van der Waals surface area contributed by atoms with Crippen molar-refractivity contribution in [2.24, 2.45) is 11.8 Å². The van der Waals surface area contributed by atoms with E-state index in [2.05, 4.69) is 10.6 Å². The van der Waals surface area contributed by atoms with Crippen LogP contribution >= 0.6 is 0 Å². The largest absolute Gasteiger partial charge is 0.389 e. The van der Waals surface area contributed by atoms with Crippen LogP contribution in [0.15, 0.2) is 84.9 Å². The molecule has 4 atom stereocenters. The van der Waals surface area contributed by atoms with E-state index in [-0.39, 0.29) is 6.42 Å². The summed E-state index contributed by atoms with van der Waals surface area (Å²) in [6.07, 6.45) is -0.297. The number of para-hydroxylation sites is 2. The van der Waals surface area contributed by atoms with Gasteiger partial charge in [0.1, 0.15) is 11.7 Å². The summed E-state index contributed by atoms with van der Waals surface area (Å²) in [5, 5.41) is 17.0. The Morgan fingerprint density at radius 1 is 0.824 bits per heavy atom. The first-order valence-electron chi connectivity index (χ1n) is 11.3. The van der Waals surface area contributed by atoms with Gasteiger partial charge in [-0.05, 0) is 43.7 Å². The Bertz CT molecular complexity index is 1170. The predicted octanol–water partition coefficient (Wildman–Crippen LogP) is 4.31. The molecule has 4 rings (SSSR count). The first-order chi connectivity index (χ1) is 16.3. The highest BCUT2D eigenvalue weighted by atomic mass is 16.3. The Kier molecular flexibility index (Phi) is 6.61. The molecule has 174 valence electrons. The molecule has 34 heavy (non-hydrogen) atoms. The van der Waals surface area contributed by atoms with Crippen LogP contribution in [0.2, 0.25) is 0 Å². The molecule has 3 aromatic rings. The molecule has 0 aliphatic heterocycles. The van der Waals surface area contributed by atoms with E-state index in [1.807, 2.05) is 43.3 Å². The van der Waals surface area contributed by atoms with Crippen LogP contribution in [-0.2, 0) is 14.4 Å². The van der Waals surface area contributed by atoms with Crippen molar-refractivity contribution in [3.8, 4) is 0 Å². The monoisotopic (exact) mass is 456 g/mol. The molecular formula is C28H28N2O4. The molecule has 1 fully saturated rings. The number of hydrogen-bond donors (Lipinski definition) is 3. The van der Waals surface area contributed by atoms with Gasteiger partial charge in [0.25, 0.3) is 0 Å². The molecular weight excluding hydrogens is 428 g/mol. The van der Waals surface area contributed by atoms with Gasteiger partial charge < -0.3 is 15.7 Å². The minimum atomic E-state index is -1.63. The number of carbonyl (C=O) groups excluding carboxylic acids is 3. The molecule has 3 N–H and O–H groups in total. The molecule has 0 heterocycles. The number of nitrogens with one attached hydrogen (secondary N) is 2. The highest BCUT2D eigenvalue weighted by Gasteiger charge is 2.55. The summed E-state index contributed by atoms with van der Waals surface area (Å²) >= 11 is 0. The molecule has 1 aliphatic carbocycles. The molecule has 0 saturated heterocycles. The Hall–Kier alpha value is -3.77. The maximum Gasteiger partial charge on any atom is 0.235 e. The Morgan fingerprint density at radius 3 is 1.85 bits per heavy atom. The Morgan fingerprint density at radius 2 is 1.32 bits per heavy atom. The van der Waals surface area contributed by atoms with Crippen molar-refractivity contribution >= 4 is 29.0 Å². The van der Waals surface area contributed by atoms with Crippen molar-refractivity contribution in [2.45, 2.75) is 31.8 Å². The first kappa shape index (κ1) is 23.4. The molecule has 1 saturated carbocycles. The third-order valence-electron chi connectivity index (χ3n) is 6.38. The van der Waals surface area contributed by atoms with Gasteiger partial charge in [-0.2, -0.15) is 0 Å². The van der Waals surface area contributed by atoms with E-state index in [1.165, 1.54) is 6.92 Å². The third-order valence-corrected chi connectivity index (χ3v) is 6.38. The number of ketones is 1. The zero-order valence-electron chi connectivity index (χ0n) is 19.2. The lowest BCUT2D eigenvalue weighted by atomic mass is 9.61. The fourth-order valence-corrected chi connectivity index (χ4v) is 4.76. The summed E-state index contributed by atoms with van der Waals surface area (Å²) in [6, 6.07) is 25.2. The molecule has 3 aromatic carbocycles. The normalized spacial score (nSPS) is 24.3. The highest BCUT2D eigenvalue weighted by molar-refractivity contribution is 6.10. The summed E-state index contributed by atoms with van der Waals surface area (Å²) in [5.74, 6) is -4.33. The number of rotatable bonds is 5. The van der Waals surface area contributed by atoms with Crippen molar-refractivity contribution in [1.29, 1.82) is 0 Å². The van der Waals surface area contributed by atoms with E-state index in [0.29, 0.717) is 16.9 Å². The summed E-state index contributed by atoms with van der Waals surface area (Å²) in [4.78, 5) is 40.2. The standard InChI is InChI=1S/C28H28N2O4/c1-18-13-15-19(16-14-18)23-24(26(32)29-20-9-5-3-6-10-20)22(31)17-28(2,34)25(23)27(33)30-21-11-7-4-8-12-21/h3-16,23-25,34H,17H2,1-2H3,(H,29,32)(H,30,33)/t23-,24-,25-,28+/m1/s1. The molecule has 0 aromatic heterocycles. The Labute approximate surface area is 199 Å². The van der Waals surface area contributed by atoms with Crippen LogP contribution in [0.4, 0.5) is 11.4 Å². The number of benzene rings is 3. The maximum atomic E-state index is 13.6. The summed E-state index contributed by atoms with van der Waals surface area (Å²) in [7, 11) is 0. The van der Waals surface area contributed by atoms with E-state index in [1.54, 1.807) is 48.5 Å². The molecule has 1 aliphatic rings.